The number of pyridine rings is 2. The zero-order chi connectivity index (χ0) is 26.9. The van der Waals surface area contributed by atoms with E-state index in [0.29, 0.717) is 0 Å². The second-order valence-corrected chi connectivity index (χ2v) is 9.99. The minimum absolute atomic E-state index is 0.0110. The smallest absolute Gasteiger partial charge is 0.0702 e. The zero-order valence-electron chi connectivity index (χ0n) is 22.2. The summed E-state index contributed by atoms with van der Waals surface area (Å²) >= 11 is 0. The van der Waals surface area contributed by atoms with Crippen molar-refractivity contribution in [3.63, 3.8) is 0 Å². The highest BCUT2D eigenvalue weighted by Gasteiger charge is 2.29. The van der Waals surface area contributed by atoms with Crippen molar-refractivity contribution >= 4 is 28.4 Å². The van der Waals surface area contributed by atoms with Crippen LogP contribution in [0.15, 0.2) is 146 Å². The molecule has 192 valence electrons. The average molecular weight is 517 g/mol. The lowest BCUT2D eigenvalue weighted by atomic mass is 9.87. The average Bonchev–Trinajstić information content (AvgIpc) is 3.03. The summed E-state index contributed by atoms with van der Waals surface area (Å²) in [6.07, 6.45) is 3.72. The van der Waals surface area contributed by atoms with Crippen LogP contribution in [0, 0.1) is 0 Å². The number of fused-ring (bicyclic) bond motifs is 2. The Morgan fingerprint density at radius 2 is 1.25 bits per heavy atom. The van der Waals surface area contributed by atoms with Crippen molar-refractivity contribution in [1.29, 1.82) is 0 Å². The van der Waals surface area contributed by atoms with Crippen LogP contribution in [0.3, 0.4) is 0 Å². The molecule has 0 spiro atoms. The van der Waals surface area contributed by atoms with Gasteiger partial charge in [0.25, 0.3) is 0 Å². The zero-order valence-corrected chi connectivity index (χ0v) is 22.2. The Morgan fingerprint density at radius 3 is 2.02 bits per heavy atom. The fourth-order valence-electron chi connectivity index (χ4n) is 5.72. The monoisotopic (exact) mass is 516 g/mol. The molecule has 7 rings (SSSR count). The van der Waals surface area contributed by atoms with E-state index in [9.17, 15) is 0 Å². The number of hydrogen-bond acceptors (Lipinski definition) is 4. The maximum Gasteiger partial charge on any atom is 0.0702 e. The van der Waals surface area contributed by atoms with Crippen molar-refractivity contribution in [2.45, 2.75) is 5.92 Å². The molecule has 0 saturated carbocycles. The Hall–Kier alpha value is -5.22. The predicted molar refractivity (Wildman–Crippen MR) is 164 cm³/mol. The summed E-state index contributed by atoms with van der Waals surface area (Å²) in [4.78, 5) is 14.1. The lowest BCUT2D eigenvalue weighted by Crippen LogP contribution is -2.24. The van der Waals surface area contributed by atoms with Gasteiger partial charge in [0.2, 0.25) is 0 Å². The number of anilines is 5. The van der Waals surface area contributed by atoms with Gasteiger partial charge in [-0.25, -0.2) is 0 Å². The highest BCUT2D eigenvalue weighted by Crippen LogP contribution is 2.52. The largest absolute Gasteiger partial charge is 0.341 e. The third kappa shape index (κ3) is 4.20. The topological polar surface area (TPSA) is 32.3 Å². The highest BCUT2D eigenvalue weighted by atomic mass is 15.3. The molecular formula is C36H28N4. The van der Waals surface area contributed by atoms with Crippen LogP contribution in [-0.4, -0.2) is 17.0 Å². The van der Waals surface area contributed by atoms with E-state index in [1.165, 1.54) is 11.1 Å². The number of nitrogens with zero attached hydrogens (tertiary/aromatic N) is 4. The van der Waals surface area contributed by atoms with Crippen LogP contribution in [-0.2, 0) is 0 Å². The summed E-state index contributed by atoms with van der Waals surface area (Å²) in [6.45, 7) is 0. The Labute approximate surface area is 234 Å². The van der Waals surface area contributed by atoms with Gasteiger partial charge < -0.3 is 9.80 Å². The fraction of sp³-hybridized carbons (Fsp3) is 0.0556. The summed E-state index contributed by atoms with van der Waals surface area (Å²) in [5.41, 5.74) is 11.2. The van der Waals surface area contributed by atoms with E-state index in [-0.39, 0.29) is 5.92 Å². The van der Waals surface area contributed by atoms with E-state index < -0.39 is 0 Å². The highest BCUT2D eigenvalue weighted by molar-refractivity contribution is 5.98. The lowest BCUT2D eigenvalue weighted by Gasteiger charge is -2.39. The van der Waals surface area contributed by atoms with Crippen molar-refractivity contribution in [2.24, 2.45) is 0 Å². The fourth-order valence-corrected chi connectivity index (χ4v) is 5.72. The minimum Gasteiger partial charge on any atom is -0.341 e. The van der Waals surface area contributed by atoms with Gasteiger partial charge in [-0.05, 0) is 71.8 Å². The molecule has 0 radical (unpaired) electrons. The molecule has 0 aliphatic carbocycles. The van der Waals surface area contributed by atoms with Gasteiger partial charge in [0.05, 0.1) is 40.1 Å². The first-order valence-electron chi connectivity index (χ1n) is 13.5. The van der Waals surface area contributed by atoms with E-state index in [1.807, 2.05) is 30.6 Å². The van der Waals surface area contributed by atoms with Crippen LogP contribution in [0.5, 0.6) is 0 Å². The van der Waals surface area contributed by atoms with Gasteiger partial charge in [0.15, 0.2) is 0 Å². The van der Waals surface area contributed by atoms with Gasteiger partial charge in [-0.2, -0.15) is 0 Å². The SMILES string of the molecule is CN1c2ccccc2N(c2cccc(-c3ccccn3)c2)c2cc(C(c3ccccc3)c3ccccn3)ccc21. The van der Waals surface area contributed by atoms with Gasteiger partial charge in [-0.3, -0.25) is 9.97 Å². The van der Waals surface area contributed by atoms with Crippen molar-refractivity contribution in [1.82, 2.24) is 9.97 Å². The quantitative estimate of drug-likeness (QED) is 0.229. The van der Waals surface area contributed by atoms with Crippen molar-refractivity contribution < 1.29 is 0 Å². The molecule has 2 aromatic heterocycles. The minimum atomic E-state index is 0.0110. The standard InChI is InChI=1S/C36H28N4/c1-39-32-18-5-6-19-34(32)40(29-15-11-14-27(24-29)30-16-7-9-22-37-30)35-25-28(20-21-33(35)39)36(26-12-3-2-4-13-26)31-17-8-10-23-38-31/h2-25,36H,1H3. The Morgan fingerprint density at radius 1 is 0.525 bits per heavy atom. The van der Waals surface area contributed by atoms with Gasteiger partial charge in [0.1, 0.15) is 0 Å². The summed E-state index contributed by atoms with van der Waals surface area (Å²) in [5.74, 6) is 0.0110. The van der Waals surface area contributed by atoms with Crippen LogP contribution in [0.25, 0.3) is 11.3 Å². The molecule has 0 fully saturated rings. The molecule has 0 N–H and O–H groups in total. The third-order valence-corrected chi connectivity index (χ3v) is 7.60. The van der Waals surface area contributed by atoms with Crippen LogP contribution >= 0.6 is 0 Å². The third-order valence-electron chi connectivity index (χ3n) is 7.60. The summed E-state index contributed by atoms with van der Waals surface area (Å²) < 4.78 is 0. The first kappa shape index (κ1) is 23.9. The molecule has 4 nitrogen and oxygen atoms in total. The second-order valence-electron chi connectivity index (χ2n) is 9.99. The molecule has 1 atom stereocenters. The van der Waals surface area contributed by atoms with E-state index >= 15 is 0 Å². The number of rotatable bonds is 5. The molecule has 0 amide bonds. The normalized spacial score (nSPS) is 12.9. The molecule has 4 heteroatoms. The number of aromatic nitrogens is 2. The molecular weight excluding hydrogens is 488 g/mol. The molecule has 0 bridgehead atoms. The summed E-state index contributed by atoms with van der Waals surface area (Å²) in [5, 5.41) is 0. The first-order valence-corrected chi connectivity index (χ1v) is 13.5. The van der Waals surface area contributed by atoms with Crippen LogP contribution in [0.1, 0.15) is 22.7 Å². The number of para-hydroxylation sites is 2. The molecule has 1 aliphatic rings. The van der Waals surface area contributed by atoms with Gasteiger partial charge in [-0.1, -0.05) is 72.8 Å². The van der Waals surface area contributed by atoms with Crippen LogP contribution < -0.4 is 9.80 Å². The summed E-state index contributed by atoms with van der Waals surface area (Å²) in [6, 6.07) is 46.9. The van der Waals surface area contributed by atoms with Crippen LogP contribution in [0.4, 0.5) is 28.4 Å². The molecule has 0 saturated heterocycles. The molecule has 1 unspecified atom stereocenters. The Kier molecular flexibility index (Phi) is 6.06. The van der Waals surface area contributed by atoms with Crippen molar-refractivity contribution in [3.05, 3.63) is 163 Å². The molecule has 4 aromatic carbocycles. The first-order chi connectivity index (χ1) is 19.8. The molecule has 1 aliphatic heterocycles. The van der Waals surface area contributed by atoms with Gasteiger partial charge in [0, 0.05) is 30.7 Å². The maximum absolute atomic E-state index is 4.79. The molecule has 6 aromatic rings. The van der Waals surface area contributed by atoms with E-state index in [4.69, 9.17) is 4.98 Å². The Balaban J connectivity index is 1.43. The predicted octanol–water partition coefficient (Wildman–Crippen LogP) is 8.87. The maximum atomic E-state index is 4.79. The van der Waals surface area contributed by atoms with Crippen LogP contribution in [0.2, 0.25) is 0 Å². The second kappa shape index (κ2) is 10.2. The molecule has 40 heavy (non-hydrogen) atoms. The van der Waals surface area contributed by atoms with E-state index in [1.54, 1.807) is 0 Å². The number of benzene rings is 4. The van der Waals surface area contributed by atoms with Gasteiger partial charge in [-0.15, -0.1) is 0 Å². The molecule has 3 heterocycles. The van der Waals surface area contributed by atoms with Crippen molar-refractivity contribution in [2.75, 3.05) is 16.8 Å². The summed E-state index contributed by atoms with van der Waals surface area (Å²) in [7, 11) is 2.15. The van der Waals surface area contributed by atoms with Crippen molar-refractivity contribution in [3.8, 4) is 11.3 Å². The lowest BCUT2D eigenvalue weighted by molar-refractivity contribution is 0.917. The Bertz CT molecular complexity index is 1730. The van der Waals surface area contributed by atoms with E-state index in [2.05, 4.69) is 137 Å². The van der Waals surface area contributed by atoms with Gasteiger partial charge >= 0.3 is 0 Å². The number of hydrogen-bond donors (Lipinski definition) is 0. The van der Waals surface area contributed by atoms with E-state index in [0.717, 1.165) is 45.4 Å².